The molecule has 1 saturated heterocycles. The van der Waals surface area contributed by atoms with Crippen LogP contribution in [-0.4, -0.2) is 77.3 Å². The number of likely N-dealkylation sites (N-methyl/N-ethyl adjacent to an activating group) is 1. The van der Waals surface area contributed by atoms with Gasteiger partial charge in [0.15, 0.2) is 11.3 Å². The zero-order valence-electron chi connectivity index (χ0n) is 17.8. The topological polar surface area (TPSA) is 84.9 Å². The number of morpholine rings is 1. The monoisotopic (exact) mass is 424 g/mol. The number of rotatable bonds is 1. The van der Waals surface area contributed by atoms with Crippen molar-refractivity contribution in [3.8, 4) is 5.75 Å². The van der Waals surface area contributed by atoms with Gasteiger partial charge in [-0.2, -0.15) is 5.10 Å². The van der Waals surface area contributed by atoms with Crippen molar-refractivity contribution in [1.82, 2.24) is 20.0 Å². The van der Waals surface area contributed by atoms with E-state index in [9.17, 15) is 9.59 Å². The van der Waals surface area contributed by atoms with Crippen LogP contribution in [0.15, 0.2) is 42.6 Å². The number of ether oxygens (including phenoxy) is 2. The molecule has 2 amide bonds. The maximum atomic E-state index is 13.5. The van der Waals surface area contributed by atoms with Gasteiger partial charge >= 0.3 is 0 Å². The van der Waals surface area contributed by atoms with E-state index in [0.29, 0.717) is 32.7 Å². The van der Waals surface area contributed by atoms with E-state index >= 15 is 0 Å². The summed E-state index contributed by atoms with van der Waals surface area (Å²) in [6.07, 6.45) is 4.67. The second-order valence-corrected chi connectivity index (χ2v) is 8.07. The number of nitrogens with zero attached hydrogens (tertiary/aromatic N) is 4. The number of benzene rings is 1. The summed E-state index contributed by atoms with van der Waals surface area (Å²) in [7, 11) is 1.76. The highest BCUT2D eigenvalue weighted by molar-refractivity contribution is 5.93. The van der Waals surface area contributed by atoms with Gasteiger partial charge in [-0.3, -0.25) is 9.59 Å². The predicted octanol–water partition coefficient (Wildman–Crippen LogP) is 1.95. The minimum Gasteiger partial charge on any atom is -0.491 e. The number of hydrogen-bond acceptors (Lipinski definition) is 6. The van der Waals surface area contributed by atoms with Gasteiger partial charge in [0, 0.05) is 19.8 Å². The Balaban J connectivity index is 1.54. The van der Waals surface area contributed by atoms with Crippen molar-refractivity contribution in [3.05, 3.63) is 53.9 Å². The number of amides is 2. The molecule has 1 aromatic heterocycles. The number of hydrogen-bond donors (Lipinski definition) is 0. The molecule has 0 radical (unpaired) electrons. The molecule has 0 aliphatic carbocycles. The van der Waals surface area contributed by atoms with E-state index in [1.807, 2.05) is 18.2 Å². The maximum absolute atomic E-state index is 13.5. The molecule has 4 rings (SSSR count). The Morgan fingerprint density at radius 2 is 1.97 bits per heavy atom. The van der Waals surface area contributed by atoms with Crippen LogP contribution >= 0.6 is 0 Å². The van der Waals surface area contributed by atoms with Crippen molar-refractivity contribution in [2.24, 2.45) is 0 Å². The fourth-order valence-corrected chi connectivity index (χ4v) is 4.24. The molecular formula is C23H28N4O4. The van der Waals surface area contributed by atoms with E-state index in [4.69, 9.17) is 9.47 Å². The van der Waals surface area contributed by atoms with Crippen molar-refractivity contribution >= 4 is 11.8 Å². The van der Waals surface area contributed by atoms with Crippen molar-refractivity contribution < 1.29 is 19.1 Å². The summed E-state index contributed by atoms with van der Waals surface area (Å²) in [4.78, 5) is 29.7. The van der Waals surface area contributed by atoms with Gasteiger partial charge < -0.3 is 19.3 Å². The van der Waals surface area contributed by atoms with Crippen LogP contribution in [0.4, 0.5) is 0 Å². The van der Waals surface area contributed by atoms with Gasteiger partial charge in [0.2, 0.25) is 0 Å². The summed E-state index contributed by atoms with van der Waals surface area (Å²) in [6.45, 7) is 1.78. The van der Waals surface area contributed by atoms with Crippen LogP contribution in [-0.2, 0) is 16.0 Å². The van der Waals surface area contributed by atoms with Crippen LogP contribution in [0.3, 0.4) is 0 Å². The Morgan fingerprint density at radius 1 is 1.10 bits per heavy atom. The molecule has 1 unspecified atom stereocenters. The van der Waals surface area contributed by atoms with Crippen LogP contribution < -0.4 is 4.74 Å². The lowest BCUT2D eigenvalue weighted by atomic mass is 9.91. The quantitative estimate of drug-likeness (QED) is 0.696. The molecule has 8 heteroatoms. The second kappa shape index (κ2) is 9.43. The highest BCUT2D eigenvalue weighted by Gasteiger charge is 2.46. The lowest BCUT2D eigenvalue weighted by Crippen LogP contribution is -2.61. The summed E-state index contributed by atoms with van der Waals surface area (Å²) in [6, 6.07) is 11.4. The number of aryl methyl sites for hydroxylation is 1. The Bertz CT molecular complexity index is 923. The molecular weight excluding hydrogens is 396 g/mol. The molecule has 0 saturated carbocycles. The molecule has 0 bridgehead atoms. The van der Waals surface area contributed by atoms with Gasteiger partial charge in [0.25, 0.3) is 11.8 Å². The third-order valence-electron chi connectivity index (χ3n) is 5.93. The molecule has 2 aliphatic heterocycles. The smallest absolute Gasteiger partial charge is 0.274 e. The molecule has 2 aromatic rings. The highest BCUT2D eigenvalue weighted by Crippen LogP contribution is 2.29. The maximum Gasteiger partial charge on any atom is 0.274 e. The Morgan fingerprint density at radius 3 is 2.81 bits per heavy atom. The molecule has 1 fully saturated rings. The van der Waals surface area contributed by atoms with Crippen molar-refractivity contribution in [2.75, 3.05) is 39.9 Å². The predicted molar refractivity (Wildman–Crippen MR) is 114 cm³/mol. The molecule has 31 heavy (non-hydrogen) atoms. The number of para-hydroxylation sites is 1. The molecule has 3 heterocycles. The summed E-state index contributed by atoms with van der Waals surface area (Å²) in [5.41, 5.74) is 0.400. The van der Waals surface area contributed by atoms with E-state index in [0.717, 1.165) is 25.0 Å². The van der Waals surface area contributed by atoms with Gasteiger partial charge in [-0.1, -0.05) is 18.2 Å². The van der Waals surface area contributed by atoms with Crippen molar-refractivity contribution in [2.45, 2.75) is 31.3 Å². The molecule has 1 aromatic carbocycles. The van der Waals surface area contributed by atoms with Crippen molar-refractivity contribution in [1.29, 1.82) is 0 Å². The number of carbonyl (C=O) groups is 2. The van der Waals surface area contributed by atoms with Gasteiger partial charge in [-0.25, -0.2) is 0 Å². The van der Waals surface area contributed by atoms with Crippen LogP contribution in [0.1, 0.15) is 35.3 Å². The lowest BCUT2D eigenvalue weighted by molar-refractivity contribution is -0.169. The van der Waals surface area contributed by atoms with Crippen LogP contribution in [0.5, 0.6) is 5.75 Å². The number of carbonyl (C=O) groups excluding carboxylic acids is 2. The molecule has 164 valence electrons. The molecule has 0 N–H and O–H groups in total. The molecule has 1 spiro atoms. The van der Waals surface area contributed by atoms with E-state index in [1.165, 1.54) is 11.8 Å². The van der Waals surface area contributed by atoms with Crippen LogP contribution in [0.2, 0.25) is 0 Å². The first-order valence-electron chi connectivity index (χ1n) is 10.8. The highest BCUT2D eigenvalue weighted by atomic mass is 16.5. The average molecular weight is 425 g/mol. The lowest BCUT2D eigenvalue weighted by Gasteiger charge is -2.43. The summed E-state index contributed by atoms with van der Waals surface area (Å²) >= 11 is 0. The minimum absolute atomic E-state index is 0.110. The molecule has 8 nitrogen and oxygen atoms in total. The second-order valence-electron chi connectivity index (χ2n) is 8.07. The number of aromatic nitrogens is 2. The van der Waals surface area contributed by atoms with E-state index in [2.05, 4.69) is 16.3 Å². The average Bonchev–Trinajstić information content (AvgIpc) is 2.81. The van der Waals surface area contributed by atoms with Gasteiger partial charge in [0.1, 0.15) is 12.4 Å². The van der Waals surface area contributed by atoms with E-state index in [-0.39, 0.29) is 24.1 Å². The van der Waals surface area contributed by atoms with Crippen molar-refractivity contribution in [3.63, 3.8) is 0 Å². The first-order valence-corrected chi connectivity index (χ1v) is 10.8. The Kier molecular flexibility index (Phi) is 6.46. The van der Waals surface area contributed by atoms with Gasteiger partial charge in [-0.05, 0) is 49.4 Å². The molecule has 1 atom stereocenters. The molecule has 2 aliphatic rings. The standard InChI is InChI=1S/C23H28N4O4/c1-26-13-15-30-20-10-3-2-7-18(20)8-4-5-11-23(22(26)29)17-27(14-16-31-23)21(28)19-9-6-12-24-25-19/h2-3,6-7,9-10,12H,4-5,8,11,13-17H2,1H3. The summed E-state index contributed by atoms with van der Waals surface area (Å²) in [5, 5.41) is 7.73. The summed E-state index contributed by atoms with van der Waals surface area (Å²) < 4.78 is 12.1. The minimum atomic E-state index is -1.05. The van der Waals surface area contributed by atoms with Crippen LogP contribution in [0.25, 0.3) is 0 Å². The van der Waals surface area contributed by atoms with E-state index < -0.39 is 5.60 Å². The van der Waals surface area contributed by atoms with E-state index in [1.54, 1.807) is 29.0 Å². The largest absolute Gasteiger partial charge is 0.491 e. The van der Waals surface area contributed by atoms with Crippen LogP contribution in [0, 0.1) is 0 Å². The first kappa shape index (κ1) is 21.2. The normalized spacial score (nSPS) is 22.8. The SMILES string of the molecule is CN1CCOc2ccccc2CCCCC2(CN(C(=O)c3cccnn3)CCO2)C1=O. The third kappa shape index (κ3) is 4.69. The van der Waals surface area contributed by atoms with Gasteiger partial charge in [-0.15, -0.1) is 5.10 Å². The fourth-order valence-electron chi connectivity index (χ4n) is 4.24. The summed E-state index contributed by atoms with van der Waals surface area (Å²) in [5.74, 6) is 0.546. The fraction of sp³-hybridized carbons (Fsp3) is 0.478. The third-order valence-corrected chi connectivity index (χ3v) is 5.93. The number of fused-ring (bicyclic) bond motifs is 1. The first-order chi connectivity index (χ1) is 15.1. The van der Waals surface area contributed by atoms with Gasteiger partial charge in [0.05, 0.1) is 19.7 Å². The Labute approximate surface area is 182 Å². The zero-order valence-corrected chi connectivity index (χ0v) is 17.8. The zero-order chi connectivity index (χ0) is 21.7. The Hall–Kier alpha value is -3.00.